The van der Waals surface area contributed by atoms with Crippen molar-refractivity contribution in [3.63, 3.8) is 0 Å². The first-order valence-electron chi connectivity index (χ1n) is 18.7. The number of rotatable bonds is 7. The van der Waals surface area contributed by atoms with Gasteiger partial charge in [-0.3, -0.25) is 14.7 Å². The molecule has 0 spiro atoms. The fourth-order valence-electron chi connectivity index (χ4n) is 8.59. The molecule has 0 radical (unpaired) electrons. The topological polar surface area (TPSA) is 100 Å². The number of likely N-dealkylation sites (tertiary alicyclic amines) is 1. The highest BCUT2D eigenvalue weighted by atomic mass is 19.1. The largest absolute Gasteiger partial charge is 0.467 e. The predicted molar refractivity (Wildman–Crippen MR) is 203 cm³/mol. The quantitative estimate of drug-likeness (QED) is 0.187. The van der Waals surface area contributed by atoms with Crippen molar-refractivity contribution in [2.24, 2.45) is 5.92 Å². The van der Waals surface area contributed by atoms with Crippen molar-refractivity contribution in [1.29, 1.82) is 0 Å². The van der Waals surface area contributed by atoms with E-state index < -0.39 is 5.82 Å². The monoisotopic (exact) mass is 706 g/mol. The molecule has 3 atom stereocenters. The molecule has 274 valence electrons. The van der Waals surface area contributed by atoms with E-state index in [0.29, 0.717) is 47.3 Å². The van der Waals surface area contributed by atoms with Gasteiger partial charge in [-0.2, -0.15) is 9.97 Å². The molecular formula is C41H51FN8O2. The number of pyridine rings is 1. The van der Waals surface area contributed by atoms with Crippen molar-refractivity contribution >= 4 is 28.7 Å². The average molecular weight is 707 g/mol. The van der Waals surface area contributed by atoms with Gasteiger partial charge in [0.1, 0.15) is 22.9 Å². The molecule has 4 fully saturated rings. The first kappa shape index (κ1) is 35.9. The Bertz CT molecular complexity index is 2010. The lowest BCUT2D eigenvalue weighted by Gasteiger charge is -2.27. The Morgan fingerprint density at radius 3 is 2.60 bits per heavy atom. The minimum atomic E-state index is -0.487. The van der Waals surface area contributed by atoms with Crippen LogP contribution in [0.3, 0.4) is 0 Å². The summed E-state index contributed by atoms with van der Waals surface area (Å²) in [5.74, 6) is 1.99. The minimum Gasteiger partial charge on any atom is -0.467 e. The molecule has 6 heterocycles. The second kappa shape index (κ2) is 14.5. The van der Waals surface area contributed by atoms with Gasteiger partial charge in [-0.25, -0.2) is 14.4 Å². The van der Waals surface area contributed by atoms with Crippen LogP contribution in [0.15, 0.2) is 36.7 Å². The van der Waals surface area contributed by atoms with Gasteiger partial charge in [0.2, 0.25) is 5.91 Å². The van der Waals surface area contributed by atoms with Gasteiger partial charge < -0.3 is 14.5 Å². The van der Waals surface area contributed by atoms with Crippen LogP contribution in [0.4, 0.5) is 10.2 Å². The summed E-state index contributed by atoms with van der Waals surface area (Å²) in [4.78, 5) is 41.7. The molecular weight excluding hydrogens is 656 g/mol. The molecule has 11 heteroatoms. The lowest BCUT2D eigenvalue weighted by molar-refractivity contribution is -0.124. The van der Waals surface area contributed by atoms with Crippen molar-refractivity contribution in [3.05, 3.63) is 70.7 Å². The molecule has 52 heavy (non-hydrogen) atoms. The highest BCUT2D eigenvalue weighted by Gasteiger charge is 2.43. The van der Waals surface area contributed by atoms with E-state index in [1.54, 1.807) is 29.4 Å². The van der Waals surface area contributed by atoms with Gasteiger partial charge in [0.25, 0.3) is 0 Å². The zero-order valence-corrected chi connectivity index (χ0v) is 31.6. The number of benzene rings is 1. The van der Waals surface area contributed by atoms with Crippen molar-refractivity contribution < 1.29 is 13.9 Å². The van der Waals surface area contributed by atoms with E-state index in [-0.39, 0.29) is 23.5 Å². The molecule has 10 nitrogen and oxygen atoms in total. The summed E-state index contributed by atoms with van der Waals surface area (Å²) >= 11 is 0. The number of methoxy groups -OCH3 is 1. The Morgan fingerprint density at radius 1 is 1.04 bits per heavy atom. The summed E-state index contributed by atoms with van der Waals surface area (Å²) in [5.41, 5.74) is 5.83. The molecule has 1 amide bonds. The predicted octanol–water partition coefficient (Wildman–Crippen LogP) is 7.06. The number of halogens is 1. The van der Waals surface area contributed by atoms with Crippen LogP contribution in [0.1, 0.15) is 86.5 Å². The van der Waals surface area contributed by atoms with E-state index in [4.69, 9.17) is 4.74 Å². The van der Waals surface area contributed by atoms with Gasteiger partial charge in [-0.1, -0.05) is 25.1 Å². The number of aromatic nitrogens is 5. The maximum Gasteiger partial charge on any atom is 0.318 e. The second-order valence-electron chi connectivity index (χ2n) is 15.5. The number of carbonyl (C=O) groups excluding carboxylic acids is 1. The summed E-state index contributed by atoms with van der Waals surface area (Å²) in [6, 6.07) is 6.00. The van der Waals surface area contributed by atoms with E-state index >= 15 is 4.39 Å². The molecule has 3 aromatic heterocycles. The van der Waals surface area contributed by atoms with Crippen molar-refractivity contribution in [1.82, 2.24) is 34.7 Å². The van der Waals surface area contributed by atoms with E-state index in [1.807, 2.05) is 37.9 Å². The highest BCUT2D eigenvalue weighted by Crippen LogP contribution is 2.46. The Kier molecular flexibility index (Phi) is 9.99. The maximum absolute atomic E-state index is 16.2. The number of carbonyl (C=O) groups is 1. The number of aryl methyl sites for hydroxylation is 3. The number of ether oxygens (including phenoxy) is 1. The average Bonchev–Trinajstić information content (AvgIpc) is 3.60. The summed E-state index contributed by atoms with van der Waals surface area (Å²) < 4.78 is 21.6. The van der Waals surface area contributed by atoms with Gasteiger partial charge in [0.15, 0.2) is 5.82 Å². The zero-order valence-electron chi connectivity index (χ0n) is 31.6. The van der Waals surface area contributed by atoms with E-state index in [2.05, 4.69) is 56.7 Å². The lowest BCUT2D eigenvalue weighted by atomic mass is 9.93. The van der Waals surface area contributed by atoms with Gasteiger partial charge in [0.05, 0.1) is 18.2 Å². The van der Waals surface area contributed by atoms with Crippen LogP contribution < -0.4 is 9.64 Å². The molecule has 1 aliphatic carbocycles. The van der Waals surface area contributed by atoms with Crippen LogP contribution in [0.5, 0.6) is 6.01 Å². The second-order valence-corrected chi connectivity index (χ2v) is 15.5. The fourth-order valence-corrected chi connectivity index (χ4v) is 8.59. The Hall–Kier alpha value is -4.51. The SMILES string of the molecule is CC1CN2CCCC2(C)C1.COc1nc(N(C)C2CCN(C(=O)/C=C/c3nc(C)ncc3C)C2)c2cnc(-c3cccc(C)c3C3CC3)c(F)c2n1. The van der Waals surface area contributed by atoms with Gasteiger partial charge in [-0.15, -0.1) is 0 Å². The van der Waals surface area contributed by atoms with Crippen molar-refractivity contribution in [2.45, 2.75) is 90.6 Å². The Morgan fingerprint density at radius 2 is 1.85 bits per heavy atom. The number of nitrogens with zero attached hydrogens (tertiary/aromatic N) is 8. The fraction of sp³-hybridized carbons (Fsp3) is 0.512. The highest BCUT2D eigenvalue weighted by molar-refractivity contribution is 5.93. The van der Waals surface area contributed by atoms with E-state index in [0.717, 1.165) is 53.1 Å². The first-order chi connectivity index (χ1) is 25.0. The van der Waals surface area contributed by atoms with Gasteiger partial charge in [-0.05, 0) is 107 Å². The van der Waals surface area contributed by atoms with E-state index in [9.17, 15) is 4.79 Å². The standard InChI is InChI=1S/C32H34FN7O2.C9H17N/c1-18-7-6-8-23(27(18)21-9-10-21)29-28(33)30-24(16-35-29)31(38-32(37-30)42-5)39(4)22-13-14-40(17-22)26(41)12-11-25-19(2)15-34-20(3)36-25;1-8-6-9(2)4-3-5-10(9)7-8/h6-8,11-12,15-16,21-22H,9-10,13-14,17H2,1-5H3;8H,3-7H2,1-2H3/b12-11+;. The van der Waals surface area contributed by atoms with Crippen molar-refractivity contribution in [3.8, 4) is 17.3 Å². The normalized spacial score (nSPS) is 22.9. The third kappa shape index (κ3) is 7.12. The third-order valence-electron chi connectivity index (χ3n) is 11.5. The molecule has 1 aromatic carbocycles. The minimum absolute atomic E-state index is 0.0332. The molecule has 3 aliphatic heterocycles. The maximum atomic E-state index is 16.2. The summed E-state index contributed by atoms with van der Waals surface area (Å²) in [6.07, 6.45) is 14.0. The molecule has 4 aliphatic rings. The molecule has 0 N–H and O–H groups in total. The number of amides is 1. The summed E-state index contributed by atoms with van der Waals surface area (Å²) in [7, 11) is 3.38. The smallest absolute Gasteiger partial charge is 0.318 e. The van der Waals surface area contributed by atoms with Crippen molar-refractivity contribution in [2.75, 3.05) is 45.2 Å². The van der Waals surface area contributed by atoms with Crippen LogP contribution >= 0.6 is 0 Å². The molecule has 1 saturated carbocycles. The molecule has 3 unspecified atom stereocenters. The molecule has 0 bridgehead atoms. The number of anilines is 1. The van der Waals surface area contributed by atoms with Crippen LogP contribution in [0, 0.1) is 32.5 Å². The van der Waals surface area contributed by atoms with Gasteiger partial charge >= 0.3 is 6.01 Å². The summed E-state index contributed by atoms with van der Waals surface area (Å²) in [5, 5.41) is 0.499. The van der Waals surface area contributed by atoms with Crippen LogP contribution in [-0.4, -0.2) is 92.5 Å². The molecule has 3 saturated heterocycles. The van der Waals surface area contributed by atoms with Crippen LogP contribution in [0.25, 0.3) is 28.2 Å². The third-order valence-corrected chi connectivity index (χ3v) is 11.5. The Balaban J connectivity index is 0.000000360. The summed E-state index contributed by atoms with van der Waals surface area (Å²) in [6.45, 7) is 14.4. The lowest BCUT2D eigenvalue weighted by Crippen LogP contribution is -2.36. The van der Waals surface area contributed by atoms with Gasteiger partial charge in [0, 0.05) is 62.3 Å². The number of fused-ring (bicyclic) bond motifs is 2. The number of hydrogen-bond acceptors (Lipinski definition) is 9. The van der Waals surface area contributed by atoms with Crippen LogP contribution in [-0.2, 0) is 4.79 Å². The number of likely N-dealkylation sites (N-methyl/N-ethyl adjacent to an activating group) is 1. The van der Waals surface area contributed by atoms with Crippen LogP contribution in [0.2, 0.25) is 0 Å². The molecule has 4 aromatic rings. The Labute approximate surface area is 306 Å². The molecule has 8 rings (SSSR count). The number of hydrogen-bond donors (Lipinski definition) is 0. The zero-order chi connectivity index (χ0) is 36.7. The van der Waals surface area contributed by atoms with E-state index in [1.165, 1.54) is 39.5 Å². The first-order valence-corrected chi connectivity index (χ1v) is 18.7.